The van der Waals surface area contributed by atoms with E-state index in [4.69, 9.17) is 0 Å². The molecule has 0 spiro atoms. The molecule has 3 aromatic carbocycles. The van der Waals surface area contributed by atoms with Gasteiger partial charge in [0.05, 0.1) is 10.6 Å². The van der Waals surface area contributed by atoms with Crippen molar-refractivity contribution < 1.29 is 27.6 Å². The van der Waals surface area contributed by atoms with Crippen LogP contribution in [-0.2, 0) is 14.6 Å². The van der Waals surface area contributed by atoms with Crippen molar-refractivity contribution >= 4 is 40.0 Å². The van der Waals surface area contributed by atoms with Gasteiger partial charge in [0.1, 0.15) is 6.29 Å². The predicted molar refractivity (Wildman–Crippen MR) is 120 cm³/mol. The molecule has 0 aliphatic carbocycles. The first-order valence-electron chi connectivity index (χ1n) is 9.33. The third kappa shape index (κ3) is 4.97. The van der Waals surface area contributed by atoms with Crippen molar-refractivity contribution in [2.45, 2.75) is 18.7 Å². The van der Waals surface area contributed by atoms with Gasteiger partial charge in [-0.15, -0.1) is 0 Å². The van der Waals surface area contributed by atoms with E-state index in [-0.39, 0.29) is 16.5 Å². The lowest BCUT2D eigenvalue weighted by atomic mass is 10.0. The molecule has 0 unspecified atom stereocenters. The highest BCUT2D eigenvalue weighted by atomic mass is 32.2. The van der Waals surface area contributed by atoms with Crippen molar-refractivity contribution in [2.24, 2.45) is 0 Å². The standard InChI is InChI=1S/C21H23N2O6PS/c1-14-9-15(2)11-18(10-14)31(28,29)23(13-30(25,26)27)17-7-8-19-16(12-17)5-4-6-20(19)21(24)22-3/h4-12H,13H2,1-3H3,(H,22,24)(H2,25,26,27). The van der Waals surface area contributed by atoms with Crippen molar-refractivity contribution in [3.63, 3.8) is 0 Å². The first-order chi connectivity index (χ1) is 14.4. The third-order valence-corrected chi connectivity index (χ3v) is 7.31. The molecule has 0 aromatic heterocycles. The van der Waals surface area contributed by atoms with Crippen LogP contribution < -0.4 is 9.62 Å². The van der Waals surface area contributed by atoms with Gasteiger partial charge in [-0.2, -0.15) is 0 Å². The maximum Gasteiger partial charge on any atom is 0.345 e. The van der Waals surface area contributed by atoms with Crippen LogP contribution in [0.1, 0.15) is 21.5 Å². The number of carbonyl (C=O) groups excluding carboxylic acids is 1. The molecule has 0 saturated heterocycles. The quantitative estimate of drug-likeness (QED) is 0.484. The largest absolute Gasteiger partial charge is 0.355 e. The Balaban J connectivity index is 2.20. The summed E-state index contributed by atoms with van der Waals surface area (Å²) >= 11 is 0. The molecule has 164 valence electrons. The number of aryl methyl sites for hydroxylation is 2. The van der Waals surface area contributed by atoms with Crippen LogP contribution in [0, 0.1) is 13.8 Å². The van der Waals surface area contributed by atoms with Crippen LogP contribution in [0.4, 0.5) is 5.69 Å². The lowest BCUT2D eigenvalue weighted by molar-refractivity contribution is 0.0964. The Hall–Kier alpha value is -2.71. The number of fused-ring (bicyclic) bond motifs is 1. The van der Waals surface area contributed by atoms with Crippen LogP contribution in [-0.4, -0.2) is 37.4 Å². The number of anilines is 1. The molecule has 0 aliphatic rings. The fourth-order valence-corrected chi connectivity index (χ4v) is 6.30. The van der Waals surface area contributed by atoms with Crippen LogP contribution in [0.2, 0.25) is 0 Å². The fourth-order valence-electron chi connectivity index (χ4n) is 3.43. The highest BCUT2D eigenvalue weighted by Crippen LogP contribution is 2.40. The summed E-state index contributed by atoms with van der Waals surface area (Å²) in [6.07, 6.45) is -1.01. The summed E-state index contributed by atoms with van der Waals surface area (Å²) in [6.45, 7) is 3.49. The highest BCUT2D eigenvalue weighted by Gasteiger charge is 2.31. The van der Waals surface area contributed by atoms with E-state index in [1.165, 1.54) is 31.3 Å². The van der Waals surface area contributed by atoms with E-state index in [9.17, 15) is 27.6 Å². The van der Waals surface area contributed by atoms with Crippen LogP contribution in [0.15, 0.2) is 59.5 Å². The second-order valence-electron chi connectivity index (χ2n) is 7.27. The smallest absolute Gasteiger partial charge is 0.345 e. The SMILES string of the molecule is CNC(=O)c1cccc2cc(N(CP(=O)(O)O)S(=O)(=O)c3cc(C)cc(C)c3)ccc12. The van der Waals surface area contributed by atoms with Gasteiger partial charge in [0.25, 0.3) is 15.9 Å². The summed E-state index contributed by atoms with van der Waals surface area (Å²) in [5.41, 5.74) is 1.92. The molecule has 8 nitrogen and oxygen atoms in total. The molecule has 0 saturated carbocycles. The van der Waals surface area contributed by atoms with Gasteiger partial charge < -0.3 is 15.1 Å². The maximum absolute atomic E-state index is 13.4. The summed E-state index contributed by atoms with van der Waals surface area (Å²) in [4.78, 5) is 31.2. The first kappa shape index (κ1) is 23.0. The lowest BCUT2D eigenvalue weighted by Crippen LogP contribution is -2.32. The number of sulfonamides is 1. The Morgan fingerprint density at radius 1 is 1.03 bits per heavy atom. The number of amides is 1. The van der Waals surface area contributed by atoms with Crippen LogP contribution in [0.25, 0.3) is 10.8 Å². The first-order valence-corrected chi connectivity index (χ1v) is 12.6. The number of nitrogens with one attached hydrogen (secondary N) is 1. The Morgan fingerprint density at radius 2 is 1.68 bits per heavy atom. The number of rotatable bonds is 6. The van der Waals surface area contributed by atoms with E-state index >= 15 is 0 Å². The molecular weight excluding hydrogens is 439 g/mol. The van der Waals surface area contributed by atoms with Crippen LogP contribution >= 0.6 is 7.60 Å². The number of carbonyl (C=O) groups is 1. The van der Waals surface area contributed by atoms with E-state index in [2.05, 4.69) is 5.32 Å². The highest BCUT2D eigenvalue weighted by molar-refractivity contribution is 7.93. The van der Waals surface area contributed by atoms with E-state index in [1.807, 2.05) is 6.07 Å². The molecule has 10 heteroatoms. The third-order valence-electron chi connectivity index (χ3n) is 4.72. The summed E-state index contributed by atoms with van der Waals surface area (Å²) in [6, 6.07) is 14.2. The van der Waals surface area contributed by atoms with Gasteiger partial charge in [0.2, 0.25) is 0 Å². The van der Waals surface area contributed by atoms with Crippen molar-refractivity contribution in [3.05, 3.63) is 71.3 Å². The fraction of sp³-hybridized carbons (Fsp3) is 0.190. The molecule has 1 amide bonds. The normalized spacial score (nSPS) is 12.0. The molecule has 3 aromatic rings. The molecule has 0 aliphatic heterocycles. The Bertz CT molecular complexity index is 1300. The van der Waals surface area contributed by atoms with Crippen LogP contribution in [0.5, 0.6) is 0 Å². The van der Waals surface area contributed by atoms with Crippen molar-refractivity contribution in [2.75, 3.05) is 17.6 Å². The Kier molecular flexibility index (Phi) is 6.25. The summed E-state index contributed by atoms with van der Waals surface area (Å²) in [5.74, 6) is -0.298. The predicted octanol–water partition coefficient (Wildman–Crippen LogP) is 3.15. The van der Waals surface area contributed by atoms with Gasteiger partial charge in [0, 0.05) is 12.6 Å². The molecule has 0 radical (unpaired) electrons. The molecule has 0 atom stereocenters. The molecule has 0 heterocycles. The molecule has 0 bridgehead atoms. The summed E-state index contributed by atoms with van der Waals surface area (Å²) < 4.78 is 39.3. The van der Waals surface area contributed by atoms with Gasteiger partial charge in [-0.05, 0) is 66.1 Å². The monoisotopic (exact) mass is 462 g/mol. The molecule has 0 fully saturated rings. The minimum absolute atomic E-state index is 0.0577. The minimum Gasteiger partial charge on any atom is -0.355 e. The zero-order chi connectivity index (χ0) is 23.0. The van der Waals surface area contributed by atoms with Gasteiger partial charge in [0.15, 0.2) is 0 Å². The summed E-state index contributed by atoms with van der Waals surface area (Å²) in [5, 5.41) is 3.70. The maximum atomic E-state index is 13.4. The van der Waals surface area contributed by atoms with Gasteiger partial charge >= 0.3 is 7.60 Å². The van der Waals surface area contributed by atoms with Gasteiger partial charge in [-0.3, -0.25) is 13.7 Å². The minimum atomic E-state index is -4.74. The van der Waals surface area contributed by atoms with Crippen molar-refractivity contribution in [3.8, 4) is 0 Å². The average molecular weight is 462 g/mol. The van der Waals surface area contributed by atoms with Gasteiger partial charge in [-0.1, -0.05) is 24.3 Å². The zero-order valence-corrected chi connectivity index (χ0v) is 18.9. The molecule has 3 N–H and O–H groups in total. The Morgan fingerprint density at radius 3 is 2.26 bits per heavy atom. The molecule has 3 rings (SSSR count). The van der Waals surface area contributed by atoms with Gasteiger partial charge in [-0.25, -0.2) is 8.42 Å². The number of nitrogens with zero attached hydrogens (tertiary/aromatic N) is 1. The molecular formula is C21H23N2O6PS. The number of benzene rings is 3. The van der Waals surface area contributed by atoms with E-state index in [0.717, 1.165) is 0 Å². The summed E-state index contributed by atoms with van der Waals surface area (Å²) in [7, 11) is -7.50. The number of hydrogen-bond acceptors (Lipinski definition) is 4. The number of hydrogen-bond donors (Lipinski definition) is 3. The van der Waals surface area contributed by atoms with E-state index in [0.29, 0.717) is 31.8 Å². The molecule has 31 heavy (non-hydrogen) atoms. The van der Waals surface area contributed by atoms with Crippen molar-refractivity contribution in [1.82, 2.24) is 5.32 Å². The Labute approximate surface area is 180 Å². The van der Waals surface area contributed by atoms with Crippen LogP contribution in [0.3, 0.4) is 0 Å². The average Bonchev–Trinajstić information content (AvgIpc) is 2.69. The van der Waals surface area contributed by atoms with E-state index in [1.54, 1.807) is 38.1 Å². The second-order valence-corrected chi connectivity index (χ2v) is 10.7. The second kappa shape index (κ2) is 8.43. The van der Waals surface area contributed by atoms with E-state index < -0.39 is 23.9 Å². The lowest BCUT2D eigenvalue weighted by Gasteiger charge is -2.25. The zero-order valence-electron chi connectivity index (χ0n) is 17.2. The topological polar surface area (TPSA) is 124 Å². The van der Waals surface area contributed by atoms with Crippen molar-refractivity contribution in [1.29, 1.82) is 0 Å².